The van der Waals surface area contributed by atoms with Crippen LogP contribution < -0.4 is 14.2 Å². The molecule has 0 bridgehead atoms. The Morgan fingerprint density at radius 3 is 2.18 bits per heavy atom. The van der Waals surface area contributed by atoms with Crippen LogP contribution in [0.5, 0.6) is 28.9 Å². The summed E-state index contributed by atoms with van der Waals surface area (Å²) in [7, 11) is 1.79. The summed E-state index contributed by atoms with van der Waals surface area (Å²) in [5.74, 6) is 5.47. The van der Waals surface area contributed by atoms with Gasteiger partial charge in [-0.2, -0.15) is 5.10 Å². The van der Waals surface area contributed by atoms with Gasteiger partial charge in [0.15, 0.2) is 6.61 Å². The van der Waals surface area contributed by atoms with Crippen molar-refractivity contribution in [2.45, 2.75) is 6.92 Å². The summed E-state index contributed by atoms with van der Waals surface area (Å²) >= 11 is 11.1. The van der Waals surface area contributed by atoms with Gasteiger partial charge in [-0.25, -0.2) is 4.68 Å². The molecule has 170 valence electrons. The first-order chi connectivity index (χ1) is 16.0. The monoisotopic (exact) mass is 485 g/mol. The summed E-state index contributed by atoms with van der Waals surface area (Å²) in [6.45, 7) is 2.22. The van der Waals surface area contributed by atoms with Crippen molar-refractivity contribution in [3.63, 3.8) is 0 Å². The van der Waals surface area contributed by atoms with Crippen LogP contribution >= 0.6 is 23.2 Å². The third kappa shape index (κ3) is 7.21. The molecule has 1 heterocycles. The molecule has 0 saturated carbocycles. The molecule has 3 rings (SSSR count). The molecule has 0 fully saturated rings. The topological polar surface area (TPSA) is 67.1 Å². The van der Waals surface area contributed by atoms with Gasteiger partial charge in [0.25, 0.3) is 0 Å². The van der Waals surface area contributed by atoms with Crippen molar-refractivity contribution in [2.24, 2.45) is 12.2 Å². The average molecular weight is 486 g/mol. The number of ether oxygens (including phenoxy) is 3. The van der Waals surface area contributed by atoms with Crippen molar-refractivity contribution in [1.29, 1.82) is 0 Å². The van der Waals surface area contributed by atoms with E-state index in [1.54, 1.807) is 66.3 Å². The lowest BCUT2D eigenvalue weighted by atomic mass is 10.2. The Kier molecular flexibility index (Phi) is 8.64. The molecule has 0 spiro atoms. The Balaban J connectivity index is 1.63. The maximum absolute atomic E-state index is 6.01. The minimum atomic E-state index is 0.0868. The summed E-state index contributed by atoms with van der Waals surface area (Å²) in [4.78, 5) is 4.97. The first-order valence-corrected chi connectivity index (χ1v) is 10.5. The van der Waals surface area contributed by atoms with Crippen LogP contribution in [0.2, 0.25) is 0 Å². The molecule has 0 N–H and O–H groups in total. The van der Waals surface area contributed by atoms with E-state index in [1.165, 1.54) is 6.21 Å². The van der Waals surface area contributed by atoms with E-state index in [4.69, 9.17) is 48.7 Å². The lowest BCUT2D eigenvalue weighted by Crippen LogP contribution is -1.97. The molecule has 0 aliphatic rings. The molecule has 0 unspecified atom stereocenters. The first-order valence-electron chi connectivity index (χ1n) is 9.78. The van der Waals surface area contributed by atoms with Crippen LogP contribution in [0.3, 0.4) is 0 Å². The number of oxime groups is 1. The molecule has 0 atom stereocenters. The van der Waals surface area contributed by atoms with Crippen molar-refractivity contribution in [2.75, 3.05) is 13.2 Å². The summed E-state index contributed by atoms with van der Waals surface area (Å²) in [5.41, 5.74) is 1.44. The molecule has 9 heteroatoms. The normalized spacial score (nSPS) is 10.5. The number of benzene rings is 2. The van der Waals surface area contributed by atoms with Crippen molar-refractivity contribution < 1.29 is 19.0 Å². The van der Waals surface area contributed by atoms with Gasteiger partial charge in [-0.1, -0.05) is 34.3 Å². The van der Waals surface area contributed by atoms with E-state index in [2.05, 4.69) is 16.2 Å². The van der Waals surface area contributed by atoms with E-state index in [0.717, 1.165) is 5.69 Å². The third-order valence-corrected chi connectivity index (χ3v) is 4.51. The van der Waals surface area contributed by atoms with Gasteiger partial charge >= 0.3 is 0 Å². The molecule has 0 aliphatic carbocycles. The zero-order valence-corrected chi connectivity index (χ0v) is 19.5. The van der Waals surface area contributed by atoms with Crippen molar-refractivity contribution in [1.82, 2.24) is 9.78 Å². The number of rotatable bonds is 10. The minimum Gasteiger partial charge on any atom is -0.489 e. The minimum absolute atomic E-state index is 0.0868. The molecule has 0 saturated heterocycles. The van der Waals surface area contributed by atoms with Crippen LogP contribution in [0.15, 0.2) is 64.3 Å². The number of halogens is 2. The fourth-order valence-electron chi connectivity index (χ4n) is 2.72. The molecule has 0 aliphatic heterocycles. The van der Waals surface area contributed by atoms with Gasteiger partial charge in [0.2, 0.25) is 5.88 Å². The SMILES string of the molecule is C#CCO/N=C\c1c(C)nn(C)c1Oc1ccc(Oc2ccc(OCC=C(Cl)Cl)cc2)cc1. The smallest absolute Gasteiger partial charge is 0.226 e. The second-order valence-corrected chi connectivity index (χ2v) is 7.60. The second kappa shape index (κ2) is 11.9. The molecular formula is C24H21Cl2N3O4. The molecular weight excluding hydrogens is 465 g/mol. The zero-order valence-electron chi connectivity index (χ0n) is 18.0. The highest BCUT2D eigenvalue weighted by molar-refractivity contribution is 6.55. The number of nitrogens with zero attached hydrogens (tertiary/aromatic N) is 3. The Morgan fingerprint density at radius 1 is 1.03 bits per heavy atom. The lowest BCUT2D eigenvalue weighted by molar-refractivity contribution is 0.181. The average Bonchev–Trinajstić information content (AvgIpc) is 3.06. The third-order valence-electron chi connectivity index (χ3n) is 4.20. The summed E-state index contributed by atoms with van der Waals surface area (Å²) in [6.07, 6.45) is 8.24. The van der Waals surface area contributed by atoms with Gasteiger partial charge in [-0.05, 0) is 61.5 Å². The van der Waals surface area contributed by atoms with Gasteiger partial charge in [0.05, 0.1) is 17.5 Å². The predicted octanol–water partition coefficient (Wildman–Crippen LogP) is 5.99. The largest absolute Gasteiger partial charge is 0.489 e. The van der Waals surface area contributed by atoms with Gasteiger partial charge < -0.3 is 19.0 Å². The Morgan fingerprint density at radius 2 is 1.61 bits per heavy atom. The maximum Gasteiger partial charge on any atom is 0.226 e. The van der Waals surface area contributed by atoms with Crippen LogP contribution in [0.25, 0.3) is 0 Å². The highest BCUT2D eigenvalue weighted by Crippen LogP contribution is 2.29. The van der Waals surface area contributed by atoms with E-state index >= 15 is 0 Å². The highest BCUT2D eigenvalue weighted by Gasteiger charge is 2.14. The highest BCUT2D eigenvalue weighted by atomic mass is 35.5. The Bertz CT molecular complexity index is 1160. The van der Waals surface area contributed by atoms with Crippen molar-refractivity contribution in [3.05, 3.63) is 70.4 Å². The predicted molar refractivity (Wildman–Crippen MR) is 129 cm³/mol. The molecule has 7 nitrogen and oxygen atoms in total. The maximum atomic E-state index is 6.01. The molecule has 1 aromatic heterocycles. The fourth-order valence-corrected chi connectivity index (χ4v) is 2.84. The number of aromatic nitrogens is 2. The summed E-state index contributed by atoms with van der Waals surface area (Å²) in [5, 5.41) is 8.22. The molecule has 0 amide bonds. The summed E-state index contributed by atoms with van der Waals surface area (Å²) < 4.78 is 19.2. The van der Waals surface area contributed by atoms with Gasteiger partial charge in [0.1, 0.15) is 34.1 Å². The van der Waals surface area contributed by atoms with Gasteiger partial charge in [0, 0.05) is 7.05 Å². The van der Waals surface area contributed by atoms with Crippen LogP contribution in [0.4, 0.5) is 0 Å². The number of hydrogen-bond acceptors (Lipinski definition) is 6. The van der Waals surface area contributed by atoms with E-state index in [1.807, 2.05) is 6.92 Å². The van der Waals surface area contributed by atoms with E-state index in [9.17, 15) is 0 Å². The van der Waals surface area contributed by atoms with Gasteiger partial charge in [-0.3, -0.25) is 0 Å². The van der Waals surface area contributed by atoms with E-state index in [0.29, 0.717) is 34.4 Å². The zero-order chi connectivity index (χ0) is 23.6. The lowest BCUT2D eigenvalue weighted by Gasteiger charge is -2.10. The van der Waals surface area contributed by atoms with Crippen LogP contribution in [0, 0.1) is 19.3 Å². The van der Waals surface area contributed by atoms with Gasteiger partial charge in [-0.15, -0.1) is 6.42 Å². The quantitative estimate of drug-likeness (QED) is 0.152. The fraction of sp³-hybridized carbons (Fsp3) is 0.167. The summed E-state index contributed by atoms with van der Waals surface area (Å²) in [6, 6.07) is 14.4. The van der Waals surface area contributed by atoms with E-state index < -0.39 is 0 Å². The van der Waals surface area contributed by atoms with Crippen molar-refractivity contribution in [3.8, 4) is 41.2 Å². The number of terminal acetylenes is 1. The van der Waals surface area contributed by atoms with Crippen LogP contribution in [0.1, 0.15) is 11.3 Å². The van der Waals surface area contributed by atoms with Crippen molar-refractivity contribution >= 4 is 29.4 Å². The van der Waals surface area contributed by atoms with E-state index in [-0.39, 0.29) is 17.7 Å². The standard InChI is InChI=1S/C24H21Cl2N3O4/c1-4-14-31-27-16-22-17(2)28-29(3)24(22)33-21-11-9-20(10-12-21)32-19-7-5-18(6-8-19)30-15-13-23(25)26/h1,5-13,16H,14-15H2,2-3H3/b27-16-. The Labute approximate surface area is 202 Å². The first kappa shape index (κ1) is 24.1. The Hall–Kier alpha value is -3.60. The van der Waals surface area contributed by atoms with Crippen LogP contribution in [-0.2, 0) is 11.9 Å². The molecule has 33 heavy (non-hydrogen) atoms. The number of aryl methyl sites for hydroxylation is 2. The number of hydrogen-bond donors (Lipinski definition) is 0. The molecule has 3 aromatic rings. The molecule has 2 aromatic carbocycles. The van der Waals surface area contributed by atoms with Crippen LogP contribution in [-0.4, -0.2) is 29.2 Å². The molecule has 0 radical (unpaired) electrons. The second-order valence-electron chi connectivity index (χ2n) is 6.59.